The van der Waals surface area contributed by atoms with E-state index in [9.17, 15) is 0 Å². The van der Waals surface area contributed by atoms with Gasteiger partial charge < -0.3 is 11.1 Å². The van der Waals surface area contributed by atoms with Crippen LogP contribution in [0.2, 0.25) is 0 Å². The van der Waals surface area contributed by atoms with Crippen LogP contribution < -0.4 is 11.1 Å². The Kier molecular flexibility index (Phi) is 4.56. The van der Waals surface area contributed by atoms with Gasteiger partial charge in [0.05, 0.1) is 6.54 Å². The summed E-state index contributed by atoms with van der Waals surface area (Å²) in [4.78, 5) is 4.31. The molecule has 19 heavy (non-hydrogen) atoms. The molecule has 0 amide bonds. The molecule has 0 fully saturated rings. The fraction of sp³-hybridized carbons (Fsp3) is 0.188. The number of nitrogens with zero attached hydrogens (tertiary/aromatic N) is 1. The molecule has 0 heterocycles. The lowest BCUT2D eigenvalue weighted by Crippen LogP contribution is -2.31. The van der Waals surface area contributed by atoms with Crippen LogP contribution in [-0.4, -0.2) is 5.96 Å². The average molecular weight is 253 g/mol. The number of benzene rings is 2. The monoisotopic (exact) mass is 253 g/mol. The predicted octanol–water partition coefficient (Wildman–Crippen LogP) is 2.60. The first kappa shape index (κ1) is 13.1. The van der Waals surface area contributed by atoms with E-state index in [4.69, 9.17) is 5.73 Å². The molecule has 0 unspecified atom stereocenters. The lowest BCUT2D eigenvalue weighted by molar-refractivity contribution is 0.884. The molecule has 0 atom stereocenters. The van der Waals surface area contributed by atoms with Crippen molar-refractivity contribution in [3.63, 3.8) is 0 Å². The number of nitrogens with two attached hydrogens (primary N) is 1. The summed E-state index contributed by atoms with van der Waals surface area (Å²) >= 11 is 0. The number of nitrogens with one attached hydrogen (secondary N) is 1. The zero-order valence-corrected chi connectivity index (χ0v) is 11.1. The van der Waals surface area contributed by atoms with Crippen molar-refractivity contribution in [3.8, 4) is 0 Å². The molecule has 0 saturated heterocycles. The van der Waals surface area contributed by atoms with Crippen LogP contribution in [0.25, 0.3) is 0 Å². The number of hydrogen-bond donors (Lipinski definition) is 2. The Hall–Kier alpha value is -2.29. The van der Waals surface area contributed by atoms with E-state index < -0.39 is 0 Å². The first-order chi connectivity index (χ1) is 9.24. The van der Waals surface area contributed by atoms with Crippen LogP contribution in [0.4, 0.5) is 0 Å². The Morgan fingerprint density at radius 2 is 1.68 bits per heavy atom. The largest absolute Gasteiger partial charge is 0.370 e. The molecule has 2 aromatic rings. The Bertz CT molecular complexity index is 530. The minimum Gasteiger partial charge on any atom is -0.370 e. The summed E-state index contributed by atoms with van der Waals surface area (Å²) in [6.07, 6.45) is 0. The van der Waals surface area contributed by atoms with Gasteiger partial charge in [-0.25, -0.2) is 4.99 Å². The standard InChI is InChI=1S/C16H19N3/c1-13-7-9-15(10-8-13)12-19-16(17)18-11-14-5-3-2-4-6-14/h2-10H,11-12H2,1H3,(H3,17,18,19). The van der Waals surface area contributed by atoms with Gasteiger partial charge in [0, 0.05) is 6.54 Å². The molecule has 0 aromatic heterocycles. The zero-order valence-electron chi connectivity index (χ0n) is 11.1. The third-order valence-electron chi connectivity index (χ3n) is 2.87. The van der Waals surface area contributed by atoms with Gasteiger partial charge >= 0.3 is 0 Å². The highest BCUT2D eigenvalue weighted by Crippen LogP contribution is 2.02. The maximum atomic E-state index is 5.84. The summed E-state index contributed by atoms with van der Waals surface area (Å²) in [6.45, 7) is 3.38. The first-order valence-corrected chi connectivity index (χ1v) is 6.37. The quantitative estimate of drug-likeness (QED) is 0.650. The number of guanidine groups is 1. The smallest absolute Gasteiger partial charge is 0.189 e. The van der Waals surface area contributed by atoms with Crippen LogP contribution in [0.15, 0.2) is 59.6 Å². The number of hydrogen-bond acceptors (Lipinski definition) is 1. The zero-order chi connectivity index (χ0) is 13.5. The van der Waals surface area contributed by atoms with Crippen molar-refractivity contribution in [3.05, 3.63) is 71.3 Å². The molecule has 3 N–H and O–H groups in total. The summed E-state index contributed by atoms with van der Waals surface area (Å²) in [6, 6.07) is 18.4. The average Bonchev–Trinajstić information content (AvgIpc) is 2.45. The van der Waals surface area contributed by atoms with E-state index in [0.29, 0.717) is 19.0 Å². The highest BCUT2D eigenvalue weighted by molar-refractivity contribution is 5.77. The van der Waals surface area contributed by atoms with E-state index in [0.717, 1.165) is 5.56 Å². The van der Waals surface area contributed by atoms with Gasteiger partial charge in [0.25, 0.3) is 0 Å². The van der Waals surface area contributed by atoms with Crippen LogP contribution in [0, 0.1) is 6.92 Å². The maximum Gasteiger partial charge on any atom is 0.189 e. The molecule has 2 rings (SSSR count). The summed E-state index contributed by atoms with van der Waals surface area (Å²) in [7, 11) is 0. The van der Waals surface area contributed by atoms with Crippen molar-refractivity contribution in [2.75, 3.05) is 0 Å². The van der Waals surface area contributed by atoms with Crippen LogP contribution >= 0.6 is 0 Å². The fourth-order valence-electron chi connectivity index (χ4n) is 1.71. The lowest BCUT2D eigenvalue weighted by atomic mass is 10.1. The molecule has 3 nitrogen and oxygen atoms in total. The highest BCUT2D eigenvalue weighted by atomic mass is 15.1. The maximum absolute atomic E-state index is 5.84. The van der Waals surface area contributed by atoms with E-state index in [-0.39, 0.29) is 0 Å². The molecular weight excluding hydrogens is 234 g/mol. The van der Waals surface area contributed by atoms with E-state index in [1.807, 2.05) is 30.3 Å². The van der Waals surface area contributed by atoms with Gasteiger partial charge in [0.1, 0.15) is 0 Å². The second-order valence-electron chi connectivity index (χ2n) is 4.53. The van der Waals surface area contributed by atoms with E-state index in [1.54, 1.807) is 0 Å². The van der Waals surface area contributed by atoms with Gasteiger partial charge in [-0.1, -0.05) is 60.2 Å². The number of aliphatic imine (C=N–C) groups is 1. The lowest BCUT2D eigenvalue weighted by Gasteiger charge is -2.06. The van der Waals surface area contributed by atoms with Gasteiger partial charge in [-0.05, 0) is 18.1 Å². The van der Waals surface area contributed by atoms with Crippen LogP contribution in [-0.2, 0) is 13.1 Å². The predicted molar refractivity (Wildman–Crippen MR) is 79.8 cm³/mol. The van der Waals surface area contributed by atoms with Crippen LogP contribution in [0.5, 0.6) is 0 Å². The summed E-state index contributed by atoms with van der Waals surface area (Å²) in [5.41, 5.74) is 9.45. The minimum atomic E-state index is 0.476. The molecule has 0 aliphatic carbocycles. The van der Waals surface area contributed by atoms with Gasteiger partial charge in [-0.2, -0.15) is 0 Å². The molecule has 0 aliphatic heterocycles. The van der Waals surface area contributed by atoms with Crippen molar-refractivity contribution in [1.29, 1.82) is 0 Å². The summed E-state index contributed by atoms with van der Waals surface area (Å²) in [5.74, 6) is 0.476. The van der Waals surface area contributed by atoms with Gasteiger partial charge in [-0.3, -0.25) is 0 Å². The van der Waals surface area contributed by atoms with Crippen LogP contribution in [0.3, 0.4) is 0 Å². The molecule has 0 bridgehead atoms. The minimum absolute atomic E-state index is 0.476. The molecule has 0 radical (unpaired) electrons. The Balaban J connectivity index is 1.84. The second-order valence-corrected chi connectivity index (χ2v) is 4.53. The van der Waals surface area contributed by atoms with Crippen molar-refractivity contribution >= 4 is 5.96 Å². The topological polar surface area (TPSA) is 50.4 Å². The van der Waals surface area contributed by atoms with E-state index >= 15 is 0 Å². The second kappa shape index (κ2) is 6.59. The van der Waals surface area contributed by atoms with Crippen LogP contribution in [0.1, 0.15) is 16.7 Å². The van der Waals surface area contributed by atoms with Crippen molar-refractivity contribution in [2.24, 2.45) is 10.7 Å². The van der Waals surface area contributed by atoms with Gasteiger partial charge in [0.15, 0.2) is 5.96 Å². The highest BCUT2D eigenvalue weighted by Gasteiger charge is 1.95. The first-order valence-electron chi connectivity index (χ1n) is 6.37. The summed E-state index contributed by atoms with van der Waals surface area (Å²) < 4.78 is 0. The number of rotatable bonds is 4. The molecule has 98 valence electrons. The Labute approximate surface area is 114 Å². The third-order valence-corrected chi connectivity index (χ3v) is 2.87. The SMILES string of the molecule is Cc1ccc(CNC(N)=NCc2ccccc2)cc1. The molecule has 2 aromatic carbocycles. The molecule has 3 heteroatoms. The van der Waals surface area contributed by atoms with E-state index in [1.165, 1.54) is 11.1 Å². The Morgan fingerprint density at radius 3 is 2.37 bits per heavy atom. The molecule has 0 saturated carbocycles. The fourth-order valence-corrected chi connectivity index (χ4v) is 1.71. The normalized spacial score (nSPS) is 11.3. The van der Waals surface area contributed by atoms with Crippen molar-refractivity contribution < 1.29 is 0 Å². The molecular formula is C16H19N3. The van der Waals surface area contributed by atoms with Crippen molar-refractivity contribution in [1.82, 2.24) is 5.32 Å². The molecule has 0 spiro atoms. The Morgan fingerprint density at radius 1 is 1.00 bits per heavy atom. The third kappa shape index (κ3) is 4.47. The van der Waals surface area contributed by atoms with Gasteiger partial charge in [-0.15, -0.1) is 0 Å². The number of aryl methyl sites for hydroxylation is 1. The molecule has 0 aliphatic rings. The summed E-state index contributed by atoms with van der Waals surface area (Å²) in [5, 5.41) is 3.12. The van der Waals surface area contributed by atoms with Crippen molar-refractivity contribution in [2.45, 2.75) is 20.0 Å². The van der Waals surface area contributed by atoms with E-state index in [2.05, 4.69) is 41.5 Å². The van der Waals surface area contributed by atoms with Gasteiger partial charge in [0.2, 0.25) is 0 Å².